The van der Waals surface area contributed by atoms with Gasteiger partial charge in [0.1, 0.15) is 0 Å². The molecule has 1 N–H and O–H groups in total. The highest BCUT2D eigenvalue weighted by Crippen LogP contribution is 2.34. The highest BCUT2D eigenvalue weighted by molar-refractivity contribution is 6.31. The second-order valence-corrected chi connectivity index (χ2v) is 5.96. The Balaban J connectivity index is 3.13. The smallest absolute Gasteiger partial charge is 0.160 e. The minimum absolute atomic E-state index is 0.0209. The van der Waals surface area contributed by atoms with E-state index in [2.05, 4.69) is 26.1 Å². The van der Waals surface area contributed by atoms with Crippen LogP contribution in [0.15, 0.2) is 12.1 Å². The third-order valence-electron chi connectivity index (χ3n) is 3.78. The van der Waals surface area contributed by atoms with E-state index in [1.165, 1.54) is 6.07 Å². The van der Waals surface area contributed by atoms with Crippen molar-refractivity contribution in [3.05, 3.63) is 34.4 Å². The van der Waals surface area contributed by atoms with Gasteiger partial charge in [-0.3, -0.25) is 0 Å². The van der Waals surface area contributed by atoms with Crippen molar-refractivity contribution in [1.82, 2.24) is 5.32 Å². The lowest BCUT2D eigenvalue weighted by atomic mass is 9.86. The van der Waals surface area contributed by atoms with Crippen LogP contribution in [0.2, 0.25) is 5.02 Å². The van der Waals surface area contributed by atoms with Gasteiger partial charge in [-0.25, -0.2) is 8.78 Å². The molecule has 0 saturated carbocycles. The number of hydrogen-bond acceptors (Lipinski definition) is 1. The van der Waals surface area contributed by atoms with E-state index in [0.29, 0.717) is 16.5 Å². The molecule has 1 rings (SSSR count). The Hall–Kier alpha value is -0.670. The largest absolute Gasteiger partial charge is 0.310 e. The van der Waals surface area contributed by atoms with Crippen molar-refractivity contribution in [2.75, 3.05) is 6.54 Å². The Morgan fingerprint density at radius 2 is 1.57 bits per heavy atom. The van der Waals surface area contributed by atoms with Crippen molar-refractivity contribution >= 4 is 11.6 Å². The second-order valence-electron chi connectivity index (χ2n) is 5.56. The molecule has 0 aliphatic heterocycles. The van der Waals surface area contributed by atoms with Crippen LogP contribution < -0.4 is 5.32 Å². The van der Waals surface area contributed by atoms with E-state index in [-0.39, 0.29) is 6.04 Å². The van der Waals surface area contributed by atoms with E-state index >= 15 is 0 Å². The molecule has 0 saturated heterocycles. The fraction of sp³-hybridized carbons (Fsp3) is 0.647. The maximum Gasteiger partial charge on any atom is 0.160 e. The Kier molecular flexibility index (Phi) is 8.20. The summed E-state index contributed by atoms with van der Waals surface area (Å²) in [7, 11) is 0. The molecule has 1 unspecified atom stereocenters. The fourth-order valence-corrected chi connectivity index (χ4v) is 3.09. The van der Waals surface area contributed by atoms with Gasteiger partial charge < -0.3 is 5.32 Å². The van der Waals surface area contributed by atoms with Crippen LogP contribution in [-0.4, -0.2) is 6.54 Å². The zero-order valence-electron chi connectivity index (χ0n) is 13.2. The maximum absolute atomic E-state index is 13.6. The van der Waals surface area contributed by atoms with Crippen LogP contribution in [0.1, 0.15) is 64.5 Å². The third kappa shape index (κ3) is 5.23. The van der Waals surface area contributed by atoms with Gasteiger partial charge in [0.25, 0.3) is 0 Å². The number of halogens is 3. The zero-order chi connectivity index (χ0) is 15.8. The monoisotopic (exact) mass is 317 g/mol. The van der Waals surface area contributed by atoms with E-state index in [9.17, 15) is 8.78 Å². The molecule has 0 fully saturated rings. The topological polar surface area (TPSA) is 12.0 Å². The Labute approximate surface area is 132 Å². The molecule has 0 aromatic heterocycles. The molecule has 1 atom stereocenters. The van der Waals surface area contributed by atoms with Crippen LogP contribution in [0.4, 0.5) is 8.78 Å². The predicted octanol–water partition coefficient (Wildman–Crippen LogP) is 5.88. The Bertz CT molecular complexity index is 431. The summed E-state index contributed by atoms with van der Waals surface area (Å²) < 4.78 is 26.9. The van der Waals surface area contributed by atoms with Crippen molar-refractivity contribution in [1.29, 1.82) is 0 Å². The van der Waals surface area contributed by atoms with Crippen molar-refractivity contribution < 1.29 is 8.78 Å². The fourth-order valence-electron chi connectivity index (χ4n) is 2.83. The van der Waals surface area contributed by atoms with Crippen LogP contribution in [-0.2, 0) is 0 Å². The molecule has 1 aromatic carbocycles. The Morgan fingerprint density at radius 1 is 1.00 bits per heavy atom. The summed E-state index contributed by atoms with van der Waals surface area (Å²) >= 11 is 6.17. The molecule has 1 nitrogen and oxygen atoms in total. The highest BCUT2D eigenvalue weighted by atomic mass is 35.5. The minimum atomic E-state index is -0.888. The normalized spacial score (nSPS) is 12.9. The first-order valence-electron chi connectivity index (χ1n) is 7.92. The van der Waals surface area contributed by atoms with E-state index < -0.39 is 11.6 Å². The molecule has 0 amide bonds. The summed E-state index contributed by atoms with van der Waals surface area (Å²) in [5.74, 6) is -1.33. The summed E-state index contributed by atoms with van der Waals surface area (Å²) in [6.45, 7) is 7.22. The summed E-state index contributed by atoms with van der Waals surface area (Å²) in [4.78, 5) is 0. The van der Waals surface area contributed by atoms with Crippen molar-refractivity contribution in [3.8, 4) is 0 Å². The van der Waals surface area contributed by atoms with Gasteiger partial charge in [-0.2, -0.15) is 0 Å². The molecule has 4 heteroatoms. The van der Waals surface area contributed by atoms with Crippen molar-refractivity contribution in [2.45, 2.75) is 58.9 Å². The summed E-state index contributed by atoms with van der Waals surface area (Å²) in [6, 6.07) is 2.32. The SMILES string of the molecule is CCCNC(c1cc(F)c(F)cc1Cl)C(CCC)CCC. The van der Waals surface area contributed by atoms with Gasteiger partial charge in [-0.15, -0.1) is 0 Å². The van der Waals surface area contributed by atoms with Crippen molar-refractivity contribution in [3.63, 3.8) is 0 Å². The lowest BCUT2D eigenvalue weighted by Crippen LogP contribution is -2.29. The first-order chi connectivity index (χ1) is 10.0. The number of benzene rings is 1. The molecule has 0 aliphatic carbocycles. The van der Waals surface area contributed by atoms with Crippen LogP contribution in [0, 0.1) is 17.6 Å². The van der Waals surface area contributed by atoms with Gasteiger partial charge in [-0.1, -0.05) is 45.2 Å². The molecule has 0 radical (unpaired) electrons. The van der Waals surface area contributed by atoms with Gasteiger partial charge in [0.15, 0.2) is 11.6 Å². The lowest BCUT2D eigenvalue weighted by Gasteiger charge is -2.29. The number of nitrogens with one attached hydrogen (secondary N) is 1. The van der Waals surface area contributed by atoms with Gasteiger partial charge in [0, 0.05) is 11.1 Å². The average Bonchev–Trinajstić information content (AvgIpc) is 2.44. The predicted molar refractivity (Wildman–Crippen MR) is 85.7 cm³/mol. The molecule has 21 heavy (non-hydrogen) atoms. The highest BCUT2D eigenvalue weighted by Gasteiger charge is 2.24. The van der Waals surface area contributed by atoms with Crippen molar-refractivity contribution in [2.24, 2.45) is 5.92 Å². The van der Waals surface area contributed by atoms with Gasteiger partial charge in [-0.05, 0) is 49.4 Å². The average molecular weight is 318 g/mol. The van der Waals surface area contributed by atoms with Crippen LogP contribution in [0.5, 0.6) is 0 Å². The second kappa shape index (κ2) is 9.37. The summed E-state index contributed by atoms with van der Waals surface area (Å²) in [5.41, 5.74) is 0.677. The lowest BCUT2D eigenvalue weighted by molar-refractivity contribution is 0.315. The third-order valence-corrected chi connectivity index (χ3v) is 4.11. The molecule has 0 spiro atoms. The van der Waals surface area contributed by atoms with E-state index in [1.54, 1.807) is 0 Å². The van der Waals surface area contributed by atoms with Crippen LogP contribution >= 0.6 is 11.6 Å². The first-order valence-corrected chi connectivity index (χ1v) is 8.30. The van der Waals surface area contributed by atoms with Gasteiger partial charge in [0.05, 0.1) is 0 Å². The van der Waals surface area contributed by atoms with Gasteiger partial charge in [0.2, 0.25) is 0 Å². The molecule has 0 bridgehead atoms. The van der Waals surface area contributed by atoms with Crippen LogP contribution in [0.3, 0.4) is 0 Å². The number of hydrogen-bond donors (Lipinski definition) is 1. The van der Waals surface area contributed by atoms with E-state index in [0.717, 1.165) is 44.7 Å². The van der Waals surface area contributed by atoms with Gasteiger partial charge >= 0.3 is 0 Å². The molecule has 1 aromatic rings. The first kappa shape index (κ1) is 18.4. The summed E-state index contributed by atoms with van der Waals surface area (Å²) in [6.07, 6.45) is 5.21. The molecule has 0 heterocycles. The Morgan fingerprint density at radius 3 is 2.10 bits per heavy atom. The standard InChI is InChI=1S/C17H26ClF2N/c1-4-7-12(8-5-2)17(21-9-6-3)13-10-15(19)16(20)11-14(13)18/h10-12,17,21H,4-9H2,1-3H3. The zero-order valence-corrected chi connectivity index (χ0v) is 13.9. The minimum Gasteiger partial charge on any atom is -0.310 e. The molecular weight excluding hydrogens is 292 g/mol. The van der Waals surface area contributed by atoms with Crippen LogP contribution in [0.25, 0.3) is 0 Å². The maximum atomic E-state index is 13.6. The quantitative estimate of drug-likeness (QED) is 0.561. The number of rotatable bonds is 9. The molecular formula is C17H26ClF2N. The molecule has 120 valence electrons. The van der Waals surface area contributed by atoms with E-state index in [1.807, 2.05) is 0 Å². The molecule has 0 aliphatic rings. The van der Waals surface area contributed by atoms with E-state index in [4.69, 9.17) is 11.6 Å². The summed E-state index contributed by atoms with van der Waals surface area (Å²) in [5, 5.41) is 3.77.